The fraction of sp³-hybridized carbons (Fsp3) is 0.240. The standard InChI is InChI=1S/C14H15N3.C11H13NO/c1-3-14-10(2)17(16-15-14)13-8-7-11-5-4-6-12(11)9-13;1-8(2)12-11-6-4-10(5-7-11)9(3)13/h3,7-9H,2,4-6H2,1H3;4-7,12H,1H2,2-3H3/b14-3+;. The fourth-order valence-corrected chi connectivity index (χ4v) is 3.47. The highest BCUT2D eigenvalue weighted by molar-refractivity contribution is 5.94. The average Bonchev–Trinajstić information content (AvgIpc) is 3.33. The van der Waals surface area contributed by atoms with Crippen LogP contribution in [-0.2, 0) is 12.8 Å². The molecule has 0 spiro atoms. The van der Waals surface area contributed by atoms with Crippen LogP contribution >= 0.6 is 0 Å². The minimum absolute atomic E-state index is 0.0851. The van der Waals surface area contributed by atoms with E-state index >= 15 is 0 Å². The van der Waals surface area contributed by atoms with Gasteiger partial charge in [0.1, 0.15) is 5.35 Å². The summed E-state index contributed by atoms with van der Waals surface area (Å²) in [5.41, 5.74) is 6.55. The normalized spacial score (nSPS) is 12.7. The third kappa shape index (κ3) is 4.92. The number of anilines is 1. The van der Waals surface area contributed by atoms with Gasteiger partial charge in [0.25, 0.3) is 0 Å². The molecule has 2 aromatic carbocycles. The Balaban J connectivity index is 0.000000178. The van der Waals surface area contributed by atoms with E-state index in [9.17, 15) is 4.79 Å². The van der Waals surface area contributed by atoms with Gasteiger partial charge in [-0.15, -0.1) is 5.10 Å². The van der Waals surface area contributed by atoms with Gasteiger partial charge in [0.2, 0.25) is 0 Å². The SMILES string of the molecule is C=C(C)Nc1ccc(C(C)=O)cc1.C=c1/c(=C\C)nnn1-c1ccc2c(c1)CCC2. The number of benzene rings is 2. The van der Waals surface area contributed by atoms with Crippen LogP contribution in [0.2, 0.25) is 0 Å². The van der Waals surface area contributed by atoms with E-state index in [2.05, 4.69) is 47.0 Å². The molecule has 154 valence electrons. The van der Waals surface area contributed by atoms with Crippen molar-refractivity contribution >= 4 is 24.1 Å². The van der Waals surface area contributed by atoms with Crippen molar-refractivity contribution in [1.29, 1.82) is 0 Å². The van der Waals surface area contributed by atoms with Crippen LogP contribution in [0.15, 0.2) is 54.7 Å². The molecule has 1 N–H and O–H groups in total. The molecule has 5 nitrogen and oxygen atoms in total. The summed E-state index contributed by atoms with van der Waals surface area (Å²) in [5, 5.41) is 13.0. The first-order chi connectivity index (χ1) is 14.4. The lowest BCUT2D eigenvalue weighted by atomic mass is 10.1. The number of ketones is 1. The van der Waals surface area contributed by atoms with Crippen molar-refractivity contribution < 1.29 is 4.79 Å². The number of aromatic nitrogens is 3. The maximum atomic E-state index is 10.9. The lowest BCUT2D eigenvalue weighted by Gasteiger charge is -2.04. The lowest BCUT2D eigenvalue weighted by Crippen LogP contribution is -2.27. The van der Waals surface area contributed by atoms with Crippen molar-refractivity contribution in [3.05, 3.63) is 82.1 Å². The van der Waals surface area contributed by atoms with E-state index in [1.165, 1.54) is 30.4 Å². The number of carbonyl (C=O) groups is 1. The van der Waals surface area contributed by atoms with E-state index < -0.39 is 0 Å². The van der Waals surface area contributed by atoms with Crippen molar-refractivity contribution in [2.75, 3.05) is 5.32 Å². The Labute approximate surface area is 177 Å². The fourth-order valence-electron chi connectivity index (χ4n) is 3.47. The largest absolute Gasteiger partial charge is 0.360 e. The van der Waals surface area contributed by atoms with Gasteiger partial charge >= 0.3 is 0 Å². The molecule has 1 aliphatic carbocycles. The number of nitrogens with zero attached hydrogens (tertiary/aromatic N) is 3. The minimum Gasteiger partial charge on any atom is -0.360 e. The molecule has 1 heterocycles. The predicted molar refractivity (Wildman–Crippen MR) is 123 cm³/mol. The summed E-state index contributed by atoms with van der Waals surface area (Å²) in [6.45, 7) is 13.2. The first-order valence-electron chi connectivity index (χ1n) is 10.1. The Morgan fingerprint density at radius 3 is 2.40 bits per heavy atom. The number of hydrogen-bond donors (Lipinski definition) is 1. The zero-order chi connectivity index (χ0) is 21.7. The highest BCUT2D eigenvalue weighted by Gasteiger charge is 2.12. The zero-order valence-electron chi connectivity index (χ0n) is 17.9. The van der Waals surface area contributed by atoms with Crippen LogP contribution in [-0.4, -0.2) is 20.8 Å². The number of rotatable bonds is 4. The number of Topliss-reactive ketones (excluding diaryl/α,β-unsaturated/α-hetero) is 1. The number of nitrogens with one attached hydrogen (secondary N) is 1. The van der Waals surface area contributed by atoms with Crippen LogP contribution in [0.3, 0.4) is 0 Å². The number of hydrogen-bond acceptors (Lipinski definition) is 4. The van der Waals surface area contributed by atoms with E-state index in [0.29, 0.717) is 0 Å². The molecule has 0 saturated heterocycles. The Bertz CT molecular complexity index is 1170. The van der Waals surface area contributed by atoms with Crippen molar-refractivity contribution in [2.24, 2.45) is 0 Å². The predicted octanol–water partition coefficient (Wildman–Crippen LogP) is 3.80. The molecule has 30 heavy (non-hydrogen) atoms. The molecular formula is C25H28N4O. The molecule has 0 amide bonds. The second kappa shape index (κ2) is 9.35. The first kappa shape index (κ1) is 21.2. The van der Waals surface area contributed by atoms with Gasteiger partial charge in [-0.1, -0.05) is 30.5 Å². The number of aryl methyl sites for hydroxylation is 2. The molecular weight excluding hydrogens is 372 g/mol. The Morgan fingerprint density at radius 1 is 1.10 bits per heavy atom. The maximum Gasteiger partial charge on any atom is 0.159 e. The van der Waals surface area contributed by atoms with Crippen LogP contribution in [0.1, 0.15) is 48.7 Å². The average molecular weight is 401 g/mol. The molecule has 1 aliphatic rings. The third-order valence-corrected chi connectivity index (χ3v) is 5.04. The summed E-state index contributed by atoms with van der Waals surface area (Å²) in [6, 6.07) is 13.9. The van der Waals surface area contributed by atoms with Gasteiger partial charge in [-0.3, -0.25) is 4.79 Å². The van der Waals surface area contributed by atoms with Gasteiger partial charge in [0, 0.05) is 16.9 Å². The second-order valence-electron chi connectivity index (χ2n) is 7.47. The van der Waals surface area contributed by atoms with Crippen LogP contribution in [0.4, 0.5) is 5.69 Å². The summed E-state index contributed by atoms with van der Waals surface area (Å²) < 4.78 is 1.81. The molecule has 3 aromatic rings. The van der Waals surface area contributed by atoms with Gasteiger partial charge in [-0.05, 0) is 87.6 Å². The van der Waals surface area contributed by atoms with Crippen molar-refractivity contribution in [3.63, 3.8) is 0 Å². The maximum absolute atomic E-state index is 10.9. The summed E-state index contributed by atoms with van der Waals surface area (Å²) in [5.74, 6) is 0.0851. The highest BCUT2D eigenvalue weighted by atomic mass is 16.1. The van der Waals surface area contributed by atoms with Gasteiger partial charge in [0.15, 0.2) is 5.78 Å². The van der Waals surface area contributed by atoms with E-state index in [1.54, 1.807) is 19.1 Å². The molecule has 0 unspecified atom stereocenters. The van der Waals surface area contributed by atoms with E-state index in [0.717, 1.165) is 33.3 Å². The Kier molecular flexibility index (Phi) is 6.62. The second-order valence-corrected chi connectivity index (χ2v) is 7.47. The summed E-state index contributed by atoms with van der Waals surface area (Å²) in [4.78, 5) is 10.9. The highest BCUT2D eigenvalue weighted by Crippen LogP contribution is 2.23. The van der Waals surface area contributed by atoms with E-state index in [4.69, 9.17) is 0 Å². The first-order valence-corrected chi connectivity index (χ1v) is 10.1. The van der Waals surface area contributed by atoms with Crippen molar-refractivity contribution in [3.8, 4) is 5.69 Å². The van der Waals surface area contributed by atoms with Gasteiger partial charge in [0.05, 0.1) is 11.0 Å². The smallest absolute Gasteiger partial charge is 0.159 e. The van der Waals surface area contributed by atoms with Crippen LogP contribution in [0.5, 0.6) is 0 Å². The van der Waals surface area contributed by atoms with Crippen LogP contribution < -0.4 is 16.0 Å². The molecule has 5 heteroatoms. The van der Waals surface area contributed by atoms with Crippen molar-refractivity contribution in [2.45, 2.75) is 40.0 Å². The molecule has 1 aromatic heterocycles. The number of fused-ring (bicyclic) bond motifs is 1. The Hall–Kier alpha value is -3.47. The summed E-state index contributed by atoms with van der Waals surface area (Å²) in [6.07, 6.45) is 5.58. The quantitative estimate of drug-likeness (QED) is 0.677. The van der Waals surface area contributed by atoms with Crippen molar-refractivity contribution in [1.82, 2.24) is 15.0 Å². The minimum atomic E-state index is 0.0851. The molecule has 0 fully saturated rings. The molecule has 0 atom stereocenters. The summed E-state index contributed by atoms with van der Waals surface area (Å²) in [7, 11) is 0. The zero-order valence-corrected chi connectivity index (χ0v) is 17.9. The van der Waals surface area contributed by atoms with Crippen LogP contribution in [0, 0.1) is 0 Å². The molecule has 0 aliphatic heterocycles. The van der Waals surface area contributed by atoms with Gasteiger partial charge < -0.3 is 5.32 Å². The number of allylic oxidation sites excluding steroid dienone is 1. The lowest BCUT2D eigenvalue weighted by molar-refractivity contribution is 0.101. The molecule has 0 saturated carbocycles. The van der Waals surface area contributed by atoms with Gasteiger partial charge in [-0.25, -0.2) is 4.68 Å². The van der Waals surface area contributed by atoms with E-state index in [-0.39, 0.29) is 5.78 Å². The van der Waals surface area contributed by atoms with Gasteiger partial charge in [-0.2, -0.15) is 0 Å². The number of carbonyl (C=O) groups excluding carboxylic acids is 1. The third-order valence-electron chi connectivity index (χ3n) is 5.04. The molecule has 0 bridgehead atoms. The Morgan fingerprint density at radius 2 is 1.80 bits per heavy atom. The molecule has 0 radical (unpaired) electrons. The summed E-state index contributed by atoms with van der Waals surface area (Å²) >= 11 is 0. The topological polar surface area (TPSA) is 59.8 Å². The monoisotopic (exact) mass is 400 g/mol. The van der Waals surface area contributed by atoms with Crippen LogP contribution in [0.25, 0.3) is 18.3 Å². The van der Waals surface area contributed by atoms with E-state index in [1.807, 2.05) is 36.7 Å². The molecule has 4 rings (SSSR count).